The number of hydrogen-bond acceptors (Lipinski definition) is 7. The molecule has 4 aromatic rings. The molecule has 0 bridgehead atoms. The zero-order valence-electron chi connectivity index (χ0n) is 24.5. The Hall–Kier alpha value is -4.02. The zero-order chi connectivity index (χ0) is 29.9. The predicted molar refractivity (Wildman–Crippen MR) is 159 cm³/mol. The van der Waals surface area contributed by atoms with Gasteiger partial charge in [-0.25, -0.2) is 9.78 Å². The Labute approximate surface area is 240 Å². The molecule has 220 valence electrons. The van der Waals surface area contributed by atoms with Crippen molar-refractivity contribution >= 4 is 17.0 Å². The van der Waals surface area contributed by atoms with E-state index in [4.69, 9.17) is 15.2 Å². The maximum Gasteiger partial charge on any atom is 0.333 e. The molecule has 0 aliphatic carbocycles. The van der Waals surface area contributed by atoms with E-state index in [1.165, 1.54) is 5.56 Å². The van der Waals surface area contributed by atoms with Gasteiger partial charge in [-0.3, -0.25) is 14.0 Å². The lowest BCUT2D eigenvalue weighted by Gasteiger charge is -2.13. The van der Waals surface area contributed by atoms with Gasteiger partial charge in [-0.15, -0.1) is 0 Å². The van der Waals surface area contributed by atoms with Crippen molar-refractivity contribution in [1.82, 2.24) is 19.3 Å². The highest BCUT2D eigenvalue weighted by Gasteiger charge is 2.18. The van der Waals surface area contributed by atoms with Gasteiger partial charge in [-0.05, 0) is 50.5 Å². The first kappa shape index (κ1) is 31.5. The van der Waals surface area contributed by atoms with E-state index in [1.807, 2.05) is 56.3 Å². The maximum atomic E-state index is 13.0. The topological polar surface area (TPSA) is 134 Å². The standard InChI is InChI=1S/C23H30N4O5.C8H11N/c1-5-7-18-20-21(26(4)25-18)22(28)27(15(3)24-20)12-13-32-17-10-8-16(9-11-17)14-19(23(29)30)31-6-2;1-7(9)8-5-3-2-4-6-8/h8-11,19H,5-7,12-14H2,1-4H3,(H,29,30);2-7H,9H2,1H3. The normalized spacial score (nSPS) is 12.4. The Kier molecular flexibility index (Phi) is 11.6. The molecule has 0 aliphatic rings. The van der Waals surface area contributed by atoms with E-state index < -0.39 is 12.1 Å². The van der Waals surface area contributed by atoms with E-state index in [0.717, 1.165) is 24.1 Å². The Balaban J connectivity index is 0.000000436. The molecule has 0 aliphatic heterocycles. The number of aryl methyl sites for hydroxylation is 3. The van der Waals surface area contributed by atoms with Crippen LogP contribution < -0.4 is 16.0 Å². The number of nitrogens with zero attached hydrogens (tertiary/aromatic N) is 4. The molecule has 0 amide bonds. The van der Waals surface area contributed by atoms with Crippen LogP contribution in [0.25, 0.3) is 11.0 Å². The first-order chi connectivity index (χ1) is 19.7. The van der Waals surface area contributed by atoms with Gasteiger partial charge < -0.3 is 20.3 Å². The molecule has 0 radical (unpaired) electrons. The van der Waals surface area contributed by atoms with Crippen LogP contribution in [0, 0.1) is 6.92 Å². The first-order valence-electron chi connectivity index (χ1n) is 14.0. The van der Waals surface area contributed by atoms with Crippen molar-refractivity contribution < 1.29 is 19.4 Å². The molecule has 2 aromatic carbocycles. The van der Waals surface area contributed by atoms with Crippen molar-refractivity contribution in [3.05, 3.63) is 87.6 Å². The minimum Gasteiger partial charge on any atom is -0.492 e. The number of carbonyl (C=O) groups is 1. The quantitative estimate of drug-likeness (QED) is 0.262. The van der Waals surface area contributed by atoms with Crippen molar-refractivity contribution in [2.75, 3.05) is 13.2 Å². The van der Waals surface area contributed by atoms with Gasteiger partial charge in [0.1, 0.15) is 23.7 Å². The Bertz CT molecular complexity index is 1460. The van der Waals surface area contributed by atoms with Crippen LogP contribution in [-0.4, -0.2) is 49.7 Å². The zero-order valence-corrected chi connectivity index (χ0v) is 24.5. The number of aromatic nitrogens is 4. The van der Waals surface area contributed by atoms with Crippen molar-refractivity contribution in [2.45, 2.75) is 65.6 Å². The molecule has 0 saturated heterocycles. The van der Waals surface area contributed by atoms with Gasteiger partial charge in [0.05, 0.1) is 12.2 Å². The smallest absolute Gasteiger partial charge is 0.333 e. The number of nitrogens with two attached hydrogens (primary N) is 1. The van der Waals surface area contributed by atoms with Crippen LogP contribution in [0.1, 0.15) is 55.9 Å². The molecule has 0 fully saturated rings. The number of carboxylic acids is 1. The largest absolute Gasteiger partial charge is 0.492 e. The third-order valence-electron chi connectivity index (χ3n) is 6.59. The second-order valence-corrected chi connectivity index (χ2v) is 9.81. The molecule has 0 saturated carbocycles. The summed E-state index contributed by atoms with van der Waals surface area (Å²) in [5, 5.41) is 13.7. The molecule has 2 aromatic heterocycles. The molecular weight excluding hydrogens is 522 g/mol. The van der Waals surface area contributed by atoms with E-state index in [2.05, 4.69) is 17.0 Å². The molecule has 3 N–H and O–H groups in total. The monoisotopic (exact) mass is 563 g/mol. The van der Waals surface area contributed by atoms with E-state index in [0.29, 0.717) is 42.4 Å². The molecule has 41 heavy (non-hydrogen) atoms. The van der Waals surface area contributed by atoms with Crippen LogP contribution in [-0.2, 0) is 36.0 Å². The fourth-order valence-corrected chi connectivity index (χ4v) is 4.46. The van der Waals surface area contributed by atoms with E-state index in [-0.39, 0.29) is 18.0 Å². The van der Waals surface area contributed by atoms with Crippen LogP contribution in [0.15, 0.2) is 59.4 Å². The highest BCUT2D eigenvalue weighted by Crippen LogP contribution is 2.16. The average Bonchev–Trinajstić information content (AvgIpc) is 3.26. The molecule has 2 heterocycles. The lowest BCUT2D eigenvalue weighted by atomic mass is 10.1. The van der Waals surface area contributed by atoms with Gasteiger partial charge >= 0.3 is 5.97 Å². The molecule has 0 spiro atoms. The maximum absolute atomic E-state index is 13.0. The van der Waals surface area contributed by atoms with Crippen LogP contribution >= 0.6 is 0 Å². The van der Waals surface area contributed by atoms with Gasteiger partial charge in [0.2, 0.25) is 0 Å². The van der Waals surface area contributed by atoms with Gasteiger partial charge in [-0.2, -0.15) is 5.10 Å². The number of benzene rings is 2. The highest BCUT2D eigenvalue weighted by atomic mass is 16.5. The number of ether oxygens (including phenoxy) is 2. The Morgan fingerprint density at radius 3 is 2.34 bits per heavy atom. The Morgan fingerprint density at radius 1 is 1.10 bits per heavy atom. The predicted octanol–water partition coefficient (Wildman–Crippen LogP) is 4.21. The van der Waals surface area contributed by atoms with Gasteiger partial charge in [0, 0.05) is 26.1 Å². The SMILES string of the molecule is CC(N)c1ccccc1.CCCc1nn(C)c2c(=O)n(CCOc3ccc(CC(OCC)C(=O)O)cc3)c(C)nc12. The summed E-state index contributed by atoms with van der Waals surface area (Å²) in [6.07, 6.45) is 1.14. The second-order valence-electron chi connectivity index (χ2n) is 9.81. The third-order valence-corrected chi connectivity index (χ3v) is 6.59. The molecule has 10 nitrogen and oxygen atoms in total. The van der Waals surface area contributed by atoms with Crippen molar-refractivity contribution in [3.63, 3.8) is 0 Å². The summed E-state index contributed by atoms with van der Waals surface area (Å²) in [7, 11) is 1.77. The van der Waals surface area contributed by atoms with Gasteiger partial charge in [0.25, 0.3) is 5.56 Å². The summed E-state index contributed by atoms with van der Waals surface area (Å²) in [5.74, 6) is 0.291. The summed E-state index contributed by atoms with van der Waals surface area (Å²) >= 11 is 0. The van der Waals surface area contributed by atoms with Crippen molar-refractivity contribution in [2.24, 2.45) is 12.8 Å². The fourth-order valence-electron chi connectivity index (χ4n) is 4.46. The van der Waals surface area contributed by atoms with E-state index >= 15 is 0 Å². The number of fused-ring (bicyclic) bond motifs is 1. The summed E-state index contributed by atoms with van der Waals surface area (Å²) < 4.78 is 14.3. The van der Waals surface area contributed by atoms with Crippen molar-refractivity contribution in [1.29, 1.82) is 0 Å². The van der Waals surface area contributed by atoms with Crippen LogP contribution in [0.5, 0.6) is 5.75 Å². The lowest BCUT2D eigenvalue weighted by molar-refractivity contribution is -0.149. The van der Waals surface area contributed by atoms with Crippen molar-refractivity contribution in [3.8, 4) is 5.75 Å². The highest BCUT2D eigenvalue weighted by molar-refractivity contribution is 5.76. The summed E-state index contributed by atoms with van der Waals surface area (Å²) in [6, 6.07) is 17.4. The molecule has 2 atom stereocenters. The number of hydrogen-bond donors (Lipinski definition) is 2. The summed E-state index contributed by atoms with van der Waals surface area (Å²) in [5.41, 5.74) is 9.56. The molecule has 2 unspecified atom stereocenters. The van der Waals surface area contributed by atoms with Gasteiger partial charge in [0.15, 0.2) is 11.6 Å². The molecule has 10 heteroatoms. The number of aliphatic carboxylic acids is 1. The third kappa shape index (κ3) is 8.48. The van der Waals surface area contributed by atoms with E-state index in [9.17, 15) is 14.7 Å². The lowest BCUT2D eigenvalue weighted by Crippen LogP contribution is -2.27. The van der Waals surface area contributed by atoms with Crippen LogP contribution in [0.4, 0.5) is 0 Å². The molecular formula is C31H41N5O5. The summed E-state index contributed by atoms with van der Waals surface area (Å²) in [4.78, 5) is 28.9. The minimum absolute atomic E-state index is 0.126. The molecule has 4 rings (SSSR count). The first-order valence-corrected chi connectivity index (χ1v) is 14.0. The fraction of sp³-hybridized carbons (Fsp3) is 0.419. The van der Waals surface area contributed by atoms with Crippen LogP contribution in [0.2, 0.25) is 0 Å². The van der Waals surface area contributed by atoms with Crippen LogP contribution in [0.3, 0.4) is 0 Å². The minimum atomic E-state index is -0.978. The average molecular weight is 564 g/mol. The van der Waals surface area contributed by atoms with E-state index in [1.54, 1.807) is 35.4 Å². The number of carboxylic acid groups (broad SMARTS) is 1. The Morgan fingerprint density at radius 2 is 1.78 bits per heavy atom. The summed E-state index contributed by atoms with van der Waals surface area (Å²) in [6.45, 7) is 8.63. The number of rotatable bonds is 12. The van der Waals surface area contributed by atoms with Gasteiger partial charge in [-0.1, -0.05) is 55.8 Å². The second kappa shape index (κ2) is 15.1.